The van der Waals surface area contributed by atoms with E-state index in [1.807, 2.05) is 11.0 Å². The molecule has 1 fully saturated rings. The summed E-state index contributed by atoms with van der Waals surface area (Å²) in [4.78, 5) is 12.8. The monoisotopic (exact) mass is 264 g/mol. The van der Waals surface area contributed by atoms with Gasteiger partial charge in [0, 0.05) is 12.6 Å². The molecule has 0 aliphatic carbocycles. The molecule has 4 nitrogen and oxygen atoms in total. The van der Waals surface area contributed by atoms with Gasteiger partial charge in [0.25, 0.3) is 0 Å². The van der Waals surface area contributed by atoms with E-state index in [4.69, 9.17) is 22.0 Å². The quantitative estimate of drug-likeness (QED) is 0.912. The van der Waals surface area contributed by atoms with Crippen molar-refractivity contribution in [2.45, 2.75) is 25.3 Å². The highest BCUT2D eigenvalue weighted by atomic mass is 35.5. The summed E-state index contributed by atoms with van der Waals surface area (Å²) in [6, 6.07) is 7.33. The van der Waals surface area contributed by atoms with Gasteiger partial charge in [-0.3, -0.25) is 4.79 Å². The molecule has 1 atom stereocenters. The summed E-state index contributed by atoms with van der Waals surface area (Å²) in [5.41, 5.74) is 1.17. The molecule has 5 heteroatoms. The average molecular weight is 265 g/mol. The fourth-order valence-corrected chi connectivity index (χ4v) is 2.64. The number of nitrogens with zero attached hydrogens (tertiary/aromatic N) is 2. The van der Waals surface area contributed by atoms with E-state index < -0.39 is 5.97 Å². The van der Waals surface area contributed by atoms with E-state index in [0.717, 1.165) is 25.1 Å². The Morgan fingerprint density at radius 3 is 3.06 bits per heavy atom. The lowest BCUT2D eigenvalue weighted by Crippen LogP contribution is -2.31. The summed E-state index contributed by atoms with van der Waals surface area (Å²) >= 11 is 6.00. The Hall–Kier alpha value is -1.73. The number of aliphatic carboxylic acids is 1. The second-order valence-corrected chi connectivity index (χ2v) is 4.74. The van der Waals surface area contributed by atoms with Gasteiger partial charge in [0.1, 0.15) is 6.07 Å². The first-order valence-electron chi connectivity index (χ1n) is 5.80. The van der Waals surface area contributed by atoms with Crippen LogP contribution in [0.5, 0.6) is 0 Å². The van der Waals surface area contributed by atoms with Crippen molar-refractivity contribution in [3.05, 3.63) is 28.8 Å². The molecule has 2 rings (SSSR count). The van der Waals surface area contributed by atoms with Crippen LogP contribution in [0.15, 0.2) is 18.2 Å². The van der Waals surface area contributed by atoms with Crippen LogP contribution in [0.3, 0.4) is 0 Å². The zero-order chi connectivity index (χ0) is 13.1. The molecule has 0 aromatic heterocycles. The number of nitriles is 1. The molecule has 1 N–H and O–H groups in total. The number of carboxylic acids is 1. The van der Waals surface area contributed by atoms with Crippen molar-refractivity contribution < 1.29 is 9.90 Å². The van der Waals surface area contributed by atoms with Crippen molar-refractivity contribution in [2.24, 2.45) is 0 Å². The lowest BCUT2D eigenvalue weighted by molar-refractivity contribution is -0.137. The Labute approximate surface area is 110 Å². The highest BCUT2D eigenvalue weighted by Crippen LogP contribution is 2.33. The number of hydrogen-bond acceptors (Lipinski definition) is 3. The first-order chi connectivity index (χ1) is 8.63. The van der Waals surface area contributed by atoms with Crippen molar-refractivity contribution in [3.8, 4) is 6.07 Å². The molecule has 0 bridgehead atoms. The van der Waals surface area contributed by atoms with Crippen molar-refractivity contribution >= 4 is 23.3 Å². The molecule has 1 aliphatic heterocycles. The Bertz CT molecular complexity index is 510. The topological polar surface area (TPSA) is 64.3 Å². The zero-order valence-corrected chi connectivity index (χ0v) is 10.5. The summed E-state index contributed by atoms with van der Waals surface area (Å²) in [5, 5.41) is 18.5. The molecule has 18 heavy (non-hydrogen) atoms. The fourth-order valence-electron chi connectivity index (χ4n) is 2.43. The molecule has 1 heterocycles. The smallest absolute Gasteiger partial charge is 0.305 e. The Kier molecular flexibility index (Phi) is 3.73. The van der Waals surface area contributed by atoms with Gasteiger partial charge in [0.05, 0.1) is 22.7 Å². The number of halogens is 1. The molecule has 1 unspecified atom stereocenters. The predicted molar refractivity (Wildman–Crippen MR) is 68.8 cm³/mol. The van der Waals surface area contributed by atoms with Crippen LogP contribution >= 0.6 is 11.6 Å². The van der Waals surface area contributed by atoms with Crippen LogP contribution in [0.1, 0.15) is 24.8 Å². The molecule has 0 amide bonds. The SMILES string of the molecule is N#Cc1c(Cl)cccc1N1CCCC1CC(=O)O. The molecule has 1 aromatic rings. The Balaban J connectivity index is 2.33. The van der Waals surface area contributed by atoms with Gasteiger partial charge in [-0.05, 0) is 25.0 Å². The zero-order valence-electron chi connectivity index (χ0n) is 9.77. The summed E-state index contributed by atoms with van der Waals surface area (Å²) in [5.74, 6) is -0.813. The van der Waals surface area contributed by atoms with E-state index in [9.17, 15) is 4.79 Å². The second kappa shape index (κ2) is 5.28. The minimum absolute atomic E-state index is 0.0481. The minimum atomic E-state index is -0.813. The van der Waals surface area contributed by atoms with Crippen LogP contribution in [0, 0.1) is 11.3 Å². The van der Waals surface area contributed by atoms with Gasteiger partial charge in [-0.25, -0.2) is 0 Å². The molecule has 1 saturated heterocycles. The van der Waals surface area contributed by atoms with Crippen LogP contribution in [-0.4, -0.2) is 23.7 Å². The van der Waals surface area contributed by atoms with Crippen LogP contribution < -0.4 is 4.90 Å². The lowest BCUT2D eigenvalue weighted by atomic mass is 10.1. The molecule has 0 saturated carbocycles. The number of rotatable bonds is 3. The maximum absolute atomic E-state index is 10.8. The van der Waals surface area contributed by atoms with E-state index in [0.29, 0.717) is 10.6 Å². The van der Waals surface area contributed by atoms with Gasteiger partial charge in [-0.1, -0.05) is 17.7 Å². The van der Waals surface area contributed by atoms with Gasteiger partial charge in [-0.2, -0.15) is 5.26 Å². The Morgan fingerprint density at radius 1 is 1.61 bits per heavy atom. The van der Waals surface area contributed by atoms with E-state index in [-0.39, 0.29) is 12.5 Å². The number of carbonyl (C=O) groups is 1. The van der Waals surface area contributed by atoms with Crippen LogP contribution in [0.4, 0.5) is 5.69 Å². The molecule has 0 spiro atoms. The number of benzene rings is 1. The van der Waals surface area contributed by atoms with Crippen molar-refractivity contribution in [3.63, 3.8) is 0 Å². The van der Waals surface area contributed by atoms with Gasteiger partial charge in [0.15, 0.2) is 0 Å². The molecule has 1 aromatic carbocycles. The largest absolute Gasteiger partial charge is 0.481 e. The predicted octanol–water partition coefficient (Wildman–Crippen LogP) is 2.66. The van der Waals surface area contributed by atoms with Crippen molar-refractivity contribution in [1.29, 1.82) is 5.26 Å². The van der Waals surface area contributed by atoms with Gasteiger partial charge < -0.3 is 10.0 Å². The second-order valence-electron chi connectivity index (χ2n) is 4.33. The van der Waals surface area contributed by atoms with Crippen LogP contribution in [0.2, 0.25) is 5.02 Å². The first-order valence-corrected chi connectivity index (χ1v) is 6.18. The molecule has 1 aliphatic rings. The summed E-state index contributed by atoms with van der Waals surface area (Å²) in [6.07, 6.45) is 1.87. The summed E-state index contributed by atoms with van der Waals surface area (Å²) in [7, 11) is 0. The van der Waals surface area contributed by atoms with Gasteiger partial charge >= 0.3 is 5.97 Å². The molecular weight excluding hydrogens is 252 g/mol. The fraction of sp³-hybridized carbons (Fsp3) is 0.385. The third kappa shape index (κ3) is 2.41. The minimum Gasteiger partial charge on any atom is -0.481 e. The van der Waals surface area contributed by atoms with Crippen LogP contribution in [-0.2, 0) is 4.79 Å². The van der Waals surface area contributed by atoms with E-state index >= 15 is 0 Å². The van der Waals surface area contributed by atoms with E-state index in [1.54, 1.807) is 12.1 Å². The summed E-state index contributed by atoms with van der Waals surface area (Å²) < 4.78 is 0. The summed E-state index contributed by atoms with van der Waals surface area (Å²) in [6.45, 7) is 0.771. The molecule has 0 radical (unpaired) electrons. The third-order valence-electron chi connectivity index (χ3n) is 3.20. The van der Waals surface area contributed by atoms with Crippen LogP contribution in [0.25, 0.3) is 0 Å². The van der Waals surface area contributed by atoms with E-state index in [2.05, 4.69) is 6.07 Å². The maximum atomic E-state index is 10.8. The standard InChI is InChI=1S/C13H13ClN2O2/c14-11-4-1-5-12(10(11)8-15)16-6-2-3-9(16)7-13(17)18/h1,4-5,9H,2-3,6-7H2,(H,17,18). The lowest BCUT2D eigenvalue weighted by Gasteiger charge is -2.26. The van der Waals surface area contributed by atoms with Crippen molar-refractivity contribution in [2.75, 3.05) is 11.4 Å². The number of carboxylic acid groups (broad SMARTS) is 1. The van der Waals surface area contributed by atoms with E-state index in [1.165, 1.54) is 0 Å². The van der Waals surface area contributed by atoms with Gasteiger partial charge in [0.2, 0.25) is 0 Å². The average Bonchev–Trinajstić information content (AvgIpc) is 2.75. The maximum Gasteiger partial charge on any atom is 0.305 e. The van der Waals surface area contributed by atoms with Gasteiger partial charge in [-0.15, -0.1) is 0 Å². The Morgan fingerprint density at radius 2 is 2.39 bits per heavy atom. The highest BCUT2D eigenvalue weighted by Gasteiger charge is 2.28. The normalized spacial score (nSPS) is 18.7. The number of anilines is 1. The highest BCUT2D eigenvalue weighted by molar-refractivity contribution is 6.32. The number of hydrogen-bond donors (Lipinski definition) is 1. The molecule has 94 valence electrons. The third-order valence-corrected chi connectivity index (χ3v) is 3.52. The van der Waals surface area contributed by atoms with Crippen molar-refractivity contribution in [1.82, 2.24) is 0 Å². The first kappa shape index (κ1) is 12.7. The molecular formula is C13H13ClN2O2.